The molecule has 0 aromatic heterocycles. The molecule has 0 unspecified atom stereocenters. The van der Waals surface area contributed by atoms with Gasteiger partial charge in [0.15, 0.2) is 0 Å². The zero-order valence-corrected chi connectivity index (χ0v) is 16.1. The molecule has 3 nitrogen and oxygen atoms in total. The summed E-state index contributed by atoms with van der Waals surface area (Å²) >= 11 is 1.72. The Bertz CT molecular complexity index is 682. The van der Waals surface area contributed by atoms with Crippen molar-refractivity contribution in [2.24, 2.45) is 0 Å². The Morgan fingerprint density at radius 1 is 0.923 bits per heavy atom. The molecule has 3 rings (SSSR count). The number of benzene rings is 2. The monoisotopic (exact) mass is 368 g/mol. The van der Waals surface area contributed by atoms with E-state index in [9.17, 15) is 4.79 Å². The minimum Gasteiger partial charge on any atom is -0.351 e. The van der Waals surface area contributed by atoms with E-state index in [4.69, 9.17) is 0 Å². The highest BCUT2D eigenvalue weighted by molar-refractivity contribution is 7.98. The van der Waals surface area contributed by atoms with Crippen LogP contribution in [-0.2, 0) is 5.75 Å². The Hall–Kier alpha value is -1.78. The molecule has 4 heteroatoms. The van der Waals surface area contributed by atoms with Crippen molar-refractivity contribution in [3.63, 3.8) is 0 Å². The first-order chi connectivity index (χ1) is 12.8. The van der Waals surface area contributed by atoms with Crippen LogP contribution in [0.3, 0.4) is 0 Å². The highest BCUT2D eigenvalue weighted by Gasteiger charge is 2.13. The van der Waals surface area contributed by atoms with Crippen molar-refractivity contribution in [1.29, 1.82) is 0 Å². The molecule has 0 radical (unpaired) electrons. The highest BCUT2D eigenvalue weighted by atomic mass is 32.2. The molecule has 1 saturated heterocycles. The van der Waals surface area contributed by atoms with Crippen LogP contribution < -0.4 is 5.32 Å². The highest BCUT2D eigenvalue weighted by Crippen LogP contribution is 2.26. The second-order valence-electron chi connectivity index (χ2n) is 6.78. The lowest BCUT2D eigenvalue weighted by atomic mass is 10.2. The minimum absolute atomic E-state index is 0.0379. The van der Waals surface area contributed by atoms with E-state index in [0.717, 1.165) is 29.3 Å². The Kier molecular flexibility index (Phi) is 7.59. The van der Waals surface area contributed by atoms with Gasteiger partial charge in [-0.3, -0.25) is 4.79 Å². The van der Waals surface area contributed by atoms with Gasteiger partial charge in [-0.1, -0.05) is 55.3 Å². The van der Waals surface area contributed by atoms with Crippen LogP contribution >= 0.6 is 11.8 Å². The fourth-order valence-electron chi connectivity index (χ4n) is 3.30. The summed E-state index contributed by atoms with van der Waals surface area (Å²) in [5.74, 6) is 0.912. The van der Waals surface area contributed by atoms with Crippen LogP contribution in [0.4, 0.5) is 0 Å². The molecule has 0 bridgehead atoms. The molecule has 138 valence electrons. The third-order valence-electron chi connectivity index (χ3n) is 4.78. The first kappa shape index (κ1) is 19.0. The average molecular weight is 369 g/mol. The minimum atomic E-state index is 0.0379. The van der Waals surface area contributed by atoms with Gasteiger partial charge in [0.1, 0.15) is 0 Å². The van der Waals surface area contributed by atoms with E-state index in [1.54, 1.807) is 11.8 Å². The van der Waals surface area contributed by atoms with Gasteiger partial charge in [0.05, 0.1) is 5.56 Å². The zero-order chi connectivity index (χ0) is 18.0. The Morgan fingerprint density at radius 2 is 1.62 bits per heavy atom. The number of thioether (sulfide) groups is 1. The number of amides is 1. The first-order valence-corrected chi connectivity index (χ1v) is 10.6. The molecule has 0 spiro atoms. The van der Waals surface area contributed by atoms with Gasteiger partial charge in [0.2, 0.25) is 0 Å². The number of hydrogen-bond donors (Lipinski definition) is 1. The van der Waals surface area contributed by atoms with Crippen LogP contribution in [0.5, 0.6) is 0 Å². The lowest BCUT2D eigenvalue weighted by Gasteiger charge is -2.20. The van der Waals surface area contributed by atoms with Crippen molar-refractivity contribution in [1.82, 2.24) is 10.2 Å². The molecular formula is C22H28N2OS. The van der Waals surface area contributed by atoms with Crippen molar-refractivity contribution in [2.75, 3.05) is 26.2 Å². The maximum absolute atomic E-state index is 12.6. The molecule has 0 aliphatic carbocycles. The predicted molar refractivity (Wildman–Crippen MR) is 110 cm³/mol. The number of carbonyl (C=O) groups is 1. The topological polar surface area (TPSA) is 32.3 Å². The van der Waals surface area contributed by atoms with E-state index in [1.165, 1.54) is 44.3 Å². The standard InChI is InChI=1S/C22H28N2OS/c25-22(23-14-17-24-15-8-1-2-9-16-24)20-12-6-7-13-21(20)26-18-19-10-4-3-5-11-19/h3-7,10-13H,1-2,8-9,14-18H2,(H,23,25). The van der Waals surface area contributed by atoms with E-state index >= 15 is 0 Å². The van der Waals surface area contributed by atoms with E-state index in [-0.39, 0.29) is 5.91 Å². The molecule has 0 saturated carbocycles. The van der Waals surface area contributed by atoms with Gasteiger partial charge < -0.3 is 10.2 Å². The van der Waals surface area contributed by atoms with E-state index in [1.807, 2.05) is 30.3 Å². The number of rotatable bonds is 7. The van der Waals surface area contributed by atoms with Crippen molar-refractivity contribution in [3.05, 3.63) is 65.7 Å². The van der Waals surface area contributed by atoms with Crippen molar-refractivity contribution in [2.45, 2.75) is 36.3 Å². The van der Waals surface area contributed by atoms with Gasteiger partial charge in [0.25, 0.3) is 5.91 Å². The Balaban J connectivity index is 1.52. The van der Waals surface area contributed by atoms with Crippen LogP contribution in [0.15, 0.2) is 59.5 Å². The maximum Gasteiger partial charge on any atom is 0.252 e. The van der Waals surface area contributed by atoms with Gasteiger partial charge in [-0.15, -0.1) is 11.8 Å². The average Bonchev–Trinajstić information content (AvgIpc) is 2.96. The Labute approximate surface area is 161 Å². The lowest BCUT2D eigenvalue weighted by Crippen LogP contribution is -2.35. The smallest absolute Gasteiger partial charge is 0.252 e. The van der Waals surface area contributed by atoms with Crippen molar-refractivity contribution >= 4 is 17.7 Å². The molecule has 2 aromatic rings. The summed E-state index contributed by atoms with van der Waals surface area (Å²) in [7, 11) is 0. The first-order valence-electron chi connectivity index (χ1n) is 9.59. The molecule has 1 amide bonds. The summed E-state index contributed by atoms with van der Waals surface area (Å²) in [5, 5.41) is 3.11. The van der Waals surface area contributed by atoms with Crippen LogP contribution in [0.25, 0.3) is 0 Å². The maximum atomic E-state index is 12.6. The van der Waals surface area contributed by atoms with Crippen LogP contribution in [-0.4, -0.2) is 37.0 Å². The van der Waals surface area contributed by atoms with Crippen molar-refractivity contribution < 1.29 is 4.79 Å². The van der Waals surface area contributed by atoms with E-state index < -0.39 is 0 Å². The summed E-state index contributed by atoms with van der Waals surface area (Å²) in [4.78, 5) is 16.2. The normalized spacial score (nSPS) is 15.4. The second-order valence-corrected chi connectivity index (χ2v) is 7.80. The van der Waals surface area contributed by atoms with Crippen LogP contribution in [0.2, 0.25) is 0 Å². The third-order valence-corrected chi connectivity index (χ3v) is 5.93. The van der Waals surface area contributed by atoms with Crippen LogP contribution in [0.1, 0.15) is 41.6 Å². The fourth-order valence-corrected chi connectivity index (χ4v) is 4.30. The quantitative estimate of drug-likeness (QED) is 0.726. The lowest BCUT2D eigenvalue weighted by molar-refractivity contribution is 0.0945. The molecule has 2 aromatic carbocycles. The molecule has 1 fully saturated rings. The SMILES string of the molecule is O=C(NCCN1CCCCCC1)c1ccccc1SCc1ccccc1. The molecule has 26 heavy (non-hydrogen) atoms. The number of likely N-dealkylation sites (tertiary alicyclic amines) is 1. The van der Waals surface area contributed by atoms with Gasteiger partial charge in [0, 0.05) is 23.7 Å². The summed E-state index contributed by atoms with van der Waals surface area (Å²) in [6, 6.07) is 18.3. The number of hydrogen-bond acceptors (Lipinski definition) is 3. The summed E-state index contributed by atoms with van der Waals surface area (Å²) in [5.41, 5.74) is 2.05. The molecule has 1 aliphatic rings. The summed E-state index contributed by atoms with van der Waals surface area (Å²) in [6.45, 7) is 4.00. The molecule has 1 aliphatic heterocycles. The molecule has 1 heterocycles. The van der Waals surface area contributed by atoms with Gasteiger partial charge in [-0.2, -0.15) is 0 Å². The van der Waals surface area contributed by atoms with Crippen LogP contribution in [0, 0.1) is 0 Å². The molecule has 0 atom stereocenters. The summed E-state index contributed by atoms with van der Waals surface area (Å²) in [6.07, 6.45) is 5.25. The van der Waals surface area contributed by atoms with E-state index in [0.29, 0.717) is 0 Å². The number of nitrogens with zero attached hydrogens (tertiary/aromatic N) is 1. The van der Waals surface area contributed by atoms with Gasteiger partial charge in [-0.25, -0.2) is 0 Å². The fraction of sp³-hybridized carbons (Fsp3) is 0.409. The van der Waals surface area contributed by atoms with Crippen molar-refractivity contribution in [3.8, 4) is 0 Å². The Morgan fingerprint density at radius 3 is 2.38 bits per heavy atom. The second kappa shape index (κ2) is 10.4. The van der Waals surface area contributed by atoms with Gasteiger partial charge >= 0.3 is 0 Å². The third kappa shape index (κ3) is 5.89. The predicted octanol–water partition coefficient (Wildman–Crippen LogP) is 4.58. The largest absolute Gasteiger partial charge is 0.351 e. The molecule has 1 N–H and O–H groups in total. The molecular weight excluding hydrogens is 340 g/mol. The number of nitrogens with one attached hydrogen (secondary N) is 1. The van der Waals surface area contributed by atoms with E-state index in [2.05, 4.69) is 34.5 Å². The zero-order valence-electron chi connectivity index (χ0n) is 15.3. The number of carbonyl (C=O) groups excluding carboxylic acids is 1. The summed E-state index contributed by atoms with van der Waals surface area (Å²) < 4.78 is 0. The van der Waals surface area contributed by atoms with Gasteiger partial charge in [-0.05, 0) is 43.6 Å².